The van der Waals surface area contributed by atoms with Gasteiger partial charge in [-0.1, -0.05) is 32.1 Å². The van der Waals surface area contributed by atoms with Gasteiger partial charge in [0.2, 0.25) is 0 Å². The second-order valence-electron chi connectivity index (χ2n) is 4.93. The molecule has 1 N–H and O–H groups in total. The van der Waals surface area contributed by atoms with E-state index in [2.05, 4.69) is 6.58 Å². The summed E-state index contributed by atoms with van der Waals surface area (Å²) in [5.41, 5.74) is 1.10. The second kappa shape index (κ2) is 7.97. The first-order valence-corrected chi connectivity index (χ1v) is 6.59. The molecule has 0 saturated carbocycles. The van der Waals surface area contributed by atoms with Gasteiger partial charge in [-0.2, -0.15) is 0 Å². The number of aliphatic hydroxyl groups excluding tert-OH is 1. The summed E-state index contributed by atoms with van der Waals surface area (Å²) in [4.78, 5) is 0. The van der Waals surface area contributed by atoms with Crippen LogP contribution in [0, 0.1) is 11.8 Å². The molecule has 0 unspecified atom stereocenters. The molecule has 3 nitrogen and oxygen atoms in total. The van der Waals surface area contributed by atoms with Crippen LogP contribution in [0.15, 0.2) is 36.9 Å². The van der Waals surface area contributed by atoms with Gasteiger partial charge >= 0.3 is 0 Å². The van der Waals surface area contributed by atoms with Crippen molar-refractivity contribution >= 4 is 0 Å². The fraction of sp³-hybridized carbons (Fsp3) is 0.500. The number of hydrogen-bond donors (Lipinski definition) is 1. The summed E-state index contributed by atoms with van der Waals surface area (Å²) in [5, 5.41) is 9.98. The number of aliphatic hydroxyl groups is 1. The van der Waals surface area contributed by atoms with Gasteiger partial charge in [-0.25, -0.2) is 0 Å². The number of hydrogen-bond acceptors (Lipinski definition) is 3. The van der Waals surface area contributed by atoms with Gasteiger partial charge < -0.3 is 14.6 Å². The number of benzene rings is 1. The molecule has 106 valence electrons. The second-order valence-corrected chi connectivity index (χ2v) is 4.93. The predicted molar refractivity (Wildman–Crippen MR) is 77.2 cm³/mol. The Morgan fingerprint density at radius 3 is 2.42 bits per heavy atom. The van der Waals surface area contributed by atoms with Gasteiger partial charge in [0.05, 0.1) is 26.4 Å². The first-order chi connectivity index (χ1) is 9.08. The molecule has 0 aliphatic carbocycles. The zero-order chi connectivity index (χ0) is 14.3. The molecule has 3 heteroatoms. The molecule has 0 heterocycles. The lowest BCUT2D eigenvalue weighted by Crippen LogP contribution is -2.27. The Balaban J connectivity index is 2.34. The molecule has 0 spiro atoms. The minimum Gasteiger partial charge on any atom is -0.497 e. The fourth-order valence-corrected chi connectivity index (χ4v) is 1.84. The van der Waals surface area contributed by atoms with Gasteiger partial charge in [0.25, 0.3) is 0 Å². The van der Waals surface area contributed by atoms with Crippen LogP contribution in [0.4, 0.5) is 0 Å². The van der Waals surface area contributed by atoms with Crippen molar-refractivity contribution < 1.29 is 14.6 Å². The highest BCUT2D eigenvalue weighted by molar-refractivity contribution is 5.26. The summed E-state index contributed by atoms with van der Waals surface area (Å²) in [7, 11) is 1.65. The molecule has 3 atom stereocenters. The van der Waals surface area contributed by atoms with Gasteiger partial charge in [-0.05, 0) is 17.7 Å². The van der Waals surface area contributed by atoms with Crippen LogP contribution in [0.5, 0.6) is 5.75 Å². The first kappa shape index (κ1) is 15.7. The predicted octanol–water partition coefficient (Wildman–Crippen LogP) is 3.03. The Hall–Kier alpha value is -1.32. The van der Waals surface area contributed by atoms with Crippen LogP contribution in [0.1, 0.15) is 19.4 Å². The molecule has 19 heavy (non-hydrogen) atoms. The maximum atomic E-state index is 9.98. The third kappa shape index (κ3) is 5.05. The van der Waals surface area contributed by atoms with Crippen molar-refractivity contribution in [3.8, 4) is 5.75 Å². The Bertz CT molecular complexity index is 372. The molecule has 1 aromatic carbocycles. The van der Waals surface area contributed by atoms with Crippen molar-refractivity contribution in [2.45, 2.75) is 26.6 Å². The van der Waals surface area contributed by atoms with Crippen molar-refractivity contribution in [3.63, 3.8) is 0 Å². The average molecular weight is 264 g/mol. The Morgan fingerprint density at radius 1 is 1.26 bits per heavy atom. The molecule has 0 bridgehead atoms. The van der Waals surface area contributed by atoms with Gasteiger partial charge in [-0.15, -0.1) is 6.58 Å². The van der Waals surface area contributed by atoms with Crippen LogP contribution in [0.3, 0.4) is 0 Å². The zero-order valence-corrected chi connectivity index (χ0v) is 12.0. The third-order valence-electron chi connectivity index (χ3n) is 3.30. The zero-order valence-electron chi connectivity index (χ0n) is 12.0. The lowest BCUT2D eigenvalue weighted by Gasteiger charge is -2.22. The average Bonchev–Trinajstić information content (AvgIpc) is 2.46. The molecule has 1 rings (SSSR count). The van der Waals surface area contributed by atoms with E-state index in [1.54, 1.807) is 13.2 Å². The van der Waals surface area contributed by atoms with Crippen LogP contribution in [-0.2, 0) is 11.3 Å². The summed E-state index contributed by atoms with van der Waals surface area (Å²) in [5.74, 6) is 1.01. The maximum absolute atomic E-state index is 9.98. The van der Waals surface area contributed by atoms with Crippen LogP contribution in [0.25, 0.3) is 0 Å². The molecular weight excluding hydrogens is 240 g/mol. The van der Waals surface area contributed by atoms with Gasteiger partial charge in [-0.3, -0.25) is 0 Å². The van der Waals surface area contributed by atoms with E-state index in [1.807, 2.05) is 38.1 Å². The number of ether oxygens (including phenoxy) is 2. The Morgan fingerprint density at radius 2 is 1.89 bits per heavy atom. The Kier molecular flexibility index (Phi) is 6.60. The third-order valence-corrected chi connectivity index (χ3v) is 3.30. The van der Waals surface area contributed by atoms with Crippen LogP contribution in [-0.4, -0.2) is 24.9 Å². The van der Waals surface area contributed by atoms with E-state index in [0.29, 0.717) is 13.2 Å². The highest BCUT2D eigenvalue weighted by Crippen LogP contribution is 2.16. The summed E-state index contributed by atoms with van der Waals surface area (Å²) in [6.45, 7) is 8.71. The molecule has 0 aromatic heterocycles. The minimum absolute atomic E-state index is 0.0830. The van der Waals surface area contributed by atoms with Crippen LogP contribution in [0.2, 0.25) is 0 Å². The number of methoxy groups -OCH3 is 1. The van der Waals surface area contributed by atoms with Crippen molar-refractivity contribution in [2.75, 3.05) is 13.7 Å². The van der Waals surface area contributed by atoms with E-state index in [1.165, 1.54) is 0 Å². The van der Waals surface area contributed by atoms with E-state index in [-0.39, 0.29) is 11.8 Å². The summed E-state index contributed by atoms with van der Waals surface area (Å²) < 4.78 is 10.7. The van der Waals surface area contributed by atoms with Gasteiger partial charge in [0.15, 0.2) is 0 Å². The van der Waals surface area contributed by atoms with Crippen molar-refractivity contribution in [3.05, 3.63) is 42.5 Å². The SMILES string of the molecule is C=C[C@@H](C)[C@@H](O)[C@@H](C)COCc1ccc(OC)cc1. The highest BCUT2D eigenvalue weighted by atomic mass is 16.5. The fourth-order valence-electron chi connectivity index (χ4n) is 1.84. The van der Waals surface area contributed by atoms with E-state index in [9.17, 15) is 5.11 Å². The summed E-state index contributed by atoms with van der Waals surface area (Å²) in [6.07, 6.45) is 1.36. The van der Waals surface area contributed by atoms with Gasteiger partial charge in [0.1, 0.15) is 5.75 Å². The number of rotatable bonds is 8. The van der Waals surface area contributed by atoms with Gasteiger partial charge in [0, 0.05) is 11.8 Å². The molecule has 0 radical (unpaired) electrons. The van der Waals surface area contributed by atoms with Crippen molar-refractivity contribution in [1.29, 1.82) is 0 Å². The normalized spacial score (nSPS) is 15.6. The Labute approximate surface area is 115 Å². The molecule has 0 fully saturated rings. The van der Waals surface area contributed by atoms with Crippen molar-refractivity contribution in [2.24, 2.45) is 11.8 Å². The van der Waals surface area contributed by atoms with E-state index in [0.717, 1.165) is 11.3 Å². The molecular formula is C16H24O3. The van der Waals surface area contributed by atoms with Crippen LogP contribution >= 0.6 is 0 Å². The molecule has 0 aliphatic heterocycles. The van der Waals surface area contributed by atoms with Crippen molar-refractivity contribution in [1.82, 2.24) is 0 Å². The lowest BCUT2D eigenvalue weighted by atomic mass is 9.94. The highest BCUT2D eigenvalue weighted by Gasteiger charge is 2.18. The molecule has 0 saturated heterocycles. The largest absolute Gasteiger partial charge is 0.497 e. The molecule has 0 amide bonds. The topological polar surface area (TPSA) is 38.7 Å². The monoisotopic (exact) mass is 264 g/mol. The molecule has 0 aliphatic rings. The maximum Gasteiger partial charge on any atom is 0.118 e. The lowest BCUT2D eigenvalue weighted by molar-refractivity contribution is 0.0134. The summed E-state index contributed by atoms with van der Waals surface area (Å²) >= 11 is 0. The standard InChI is InChI=1S/C16H24O3/c1-5-12(2)16(17)13(3)10-19-11-14-6-8-15(18-4)9-7-14/h5-9,12-13,16-17H,1,10-11H2,2-4H3/t12-,13+,16-/m1/s1. The summed E-state index contributed by atoms with van der Waals surface area (Å²) in [6, 6.07) is 7.78. The van der Waals surface area contributed by atoms with E-state index in [4.69, 9.17) is 9.47 Å². The van der Waals surface area contributed by atoms with Crippen LogP contribution < -0.4 is 4.74 Å². The van der Waals surface area contributed by atoms with E-state index < -0.39 is 6.10 Å². The first-order valence-electron chi connectivity index (χ1n) is 6.59. The smallest absolute Gasteiger partial charge is 0.118 e. The molecule has 1 aromatic rings. The minimum atomic E-state index is -0.409. The quantitative estimate of drug-likeness (QED) is 0.733. The van der Waals surface area contributed by atoms with E-state index >= 15 is 0 Å².